The molecule has 16 heavy (non-hydrogen) atoms. The second-order valence-electron chi connectivity index (χ2n) is 6.68. The van der Waals surface area contributed by atoms with E-state index in [4.69, 9.17) is 0 Å². The minimum atomic E-state index is -0.0781. The van der Waals surface area contributed by atoms with Crippen LogP contribution in [0, 0.1) is 16.6 Å². The Balaban J connectivity index is 2.13. The fourth-order valence-electron chi connectivity index (χ4n) is 3.82. The van der Waals surface area contributed by atoms with Gasteiger partial charge in [-0.15, -0.1) is 0 Å². The van der Waals surface area contributed by atoms with Crippen molar-refractivity contribution in [3.63, 3.8) is 0 Å². The largest absolute Gasteiger partial charge is 0.207 e. The molecular weight excluding hydrogens is 199 g/mol. The molecule has 0 heterocycles. The van der Waals surface area contributed by atoms with Crippen LogP contribution in [0.4, 0.5) is 4.39 Å². The molecule has 1 spiro atoms. The first kappa shape index (κ1) is 10.3. The van der Waals surface area contributed by atoms with Crippen LogP contribution in [-0.4, -0.2) is 0 Å². The van der Waals surface area contributed by atoms with Crippen molar-refractivity contribution < 1.29 is 4.39 Å². The molecule has 1 atom stereocenters. The molecule has 0 saturated heterocycles. The molecule has 86 valence electrons. The van der Waals surface area contributed by atoms with Gasteiger partial charge < -0.3 is 0 Å². The average Bonchev–Trinajstić information content (AvgIpc) is 2.78. The summed E-state index contributed by atoms with van der Waals surface area (Å²) >= 11 is 0. The number of hydrogen-bond acceptors (Lipinski definition) is 0. The van der Waals surface area contributed by atoms with Gasteiger partial charge in [-0.25, -0.2) is 4.39 Å². The summed E-state index contributed by atoms with van der Waals surface area (Å²) in [7, 11) is 0. The number of rotatable bonds is 0. The maximum Gasteiger partial charge on any atom is 0.123 e. The second kappa shape index (κ2) is 2.88. The highest BCUT2D eigenvalue weighted by molar-refractivity contribution is 5.42. The molecule has 0 aliphatic heterocycles. The Hall–Kier alpha value is -0.850. The number of hydrogen-bond donors (Lipinski definition) is 0. The third-order valence-electron chi connectivity index (χ3n) is 4.33. The number of fused-ring (bicyclic) bond motifs is 1. The standard InChI is InChI=1S/C15H19F/c1-14(2,3)13-12-8-11(16)5-4-10(12)9-15(13)6-7-15/h4-5,8,13H,6-7,9H2,1-3H3. The zero-order valence-electron chi connectivity index (χ0n) is 10.3. The lowest BCUT2D eigenvalue weighted by molar-refractivity contribution is 0.235. The van der Waals surface area contributed by atoms with E-state index in [1.165, 1.54) is 30.4 Å². The first-order chi connectivity index (χ1) is 7.42. The zero-order valence-corrected chi connectivity index (χ0v) is 10.3. The minimum Gasteiger partial charge on any atom is -0.207 e. The topological polar surface area (TPSA) is 0 Å². The SMILES string of the molecule is CC(C)(C)C1c2cc(F)ccc2CC12CC2. The quantitative estimate of drug-likeness (QED) is 0.609. The van der Waals surface area contributed by atoms with E-state index in [1.807, 2.05) is 6.07 Å². The summed E-state index contributed by atoms with van der Waals surface area (Å²) in [4.78, 5) is 0. The number of benzene rings is 1. The van der Waals surface area contributed by atoms with Crippen LogP contribution in [0.1, 0.15) is 50.7 Å². The van der Waals surface area contributed by atoms with Gasteiger partial charge in [-0.2, -0.15) is 0 Å². The fourth-order valence-corrected chi connectivity index (χ4v) is 3.82. The van der Waals surface area contributed by atoms with Gasteiger partial charge in [0.2, 0.25) is 0 Å². The van der Waals surface area contributed by atoms with Gasteiger partial charge in [-0.05, 0) is 59.3 Å². The van der Waals surface area contributed by atoms with Crippen LogP contribution in [0.3, 0.4) is 0 Å². The average molecular weight is 218 g/mol. The van der Waals surface area contributed by atoms with E-state index in [-0.39, 0.29) is 11.2 Å². The molecule has 1 heteroatoms. The van der Waals surface area contributed by atoms with Gasteiger partial charge in [0.25, 0.3) is 0 Å². The van der Waals surface area contributed by atoms with Crippen molar-refractivity contribution in [2.24, 2.45) is 10.8 Å². The van der Waals surface area contributed by atoms with Gasteiger partial charge in [-0.1, -0.05) is 26.8 Å². The van der Waals surface area contributed by atoms with Crippen LogP contribution in [0.5, 0.6) is 0 Å². The van der Waals surface area contributed by atoms with Gasteiger partial charge in [0.15, 0.2) is 0 Å². The molecule has 0 nitrogen and oxygen atoms in total. The van der Waals surface area contributed by atoms with Gasteiger partial charge >= 0.3 is 0 Å². The van der Waals surface area contributed by atoms with E-state index in [9.17, 15) is 4.39 Å². The van der Waals surface area contributed by atoms with Crippen molar-refractivity contribution >= 4 is 0 Å². The minimum absolute atomic E-state index is 0.0781. The maximum atomic E-state index is 13.4. The summed E-state index contributed by atoms with van der Waals surface area (Å²) in [5.74, 6) is 0.469. The Bertz CT molecular complexity index is 435. The van der Waals surface area contributed by atoms with E-state index in [0.717, 1.165) is 0 Å². The molecule has 0 N–H and O–H groups in total. The van der Waals surface area contributed by atoms with Crippen molar-refractivity contribution in [3.8, 4) is 0 Å². The first-order valence-corrected chi connectivity index (χ1v) is 6.21. The maximum absolute atomic E-state index is 13.4. The van der Waals surface area contributed by atoms with Gasteiger partial charge in [0, 0.05) is 0 Å². The van der Waals surface area contributed by atoms with Crippen LogP contribution in [0.25, 0.3) is 0 Å². The highest BCUT2D eigenvalue weighted by Gasteiger charge is 2.57. The molecule has 1 saturated carbocycles. The van der Waals surface area contributed by atoms with Crippen molar-refractivity contribution in [2.75, 3.05) is 0 Å². The Labute approximate surface area is 96.9 Å². The molecule has 3 rings (SSSR count). The predicted molar refractivity (Wildman–Crippen MR) is 64.0 cm³/mol. The fraction of sp³-hybridized carbons (Fsp3) is 0.600. The van der Waals surface area contributed by atoms with E-state index in [0.29, 0.717) is 11.3 Å². The third kappa shape index (κ3) is 1.33. The lowest BCUT2D eigenvalue weighted by Crippen LogP contribution is -2.24. The molecule has 1 fully saturated rings. The third-order valence-corrected chi connectivity index (χ3v) is 4.33. The van der Waals surface area contributed by atoms with E-state index >= 15 is 0 Å². The van der Waals surface area contributed by atoms with Crippen LogP contribution < -0.4 is 0 Å². The van der Waals surface area contributed by atoms with E-state index in [2.05, 4.69) is 20.8 Å². The molecule has 1 aromatic rings. The molecule has 1 aromatic carbocycles. The van der Waals surface area contributed by atoms with Crippen LogP contribution in [0.15, 0.2) is 18.2 Å². The van der Waals surface area contributed by atoms with Gasteiger partial charge in [-0.3, -0.25) is 0 Å². The summed E-state index contributed by atoms with van der Waals surface area (Å²) in [5.41, 5.74) is 3.40. The summed E-state index contributed by atoms with van der Waals surface area (Å²) < 4.78 is 13.4. The molecule has 0 radical (unpaired) electrons. The van der Waals surface area contributed by atoms with Crippen molar-refractivity contribution in [2.45, 2.75) is 46.0 Å². The molecule has 2 aliphatic carbocycles. The van der Waals surface area contributed by atoms with Gasteiger partial charge in [0.05, 0.1) is 0 Å². The monoisotopic (exact) mass is 218 g/mol. The lowest BCUT2D eigenvalue weighted by Gasteiger charge is -2.33. The Morgan fingerprint density at radius 3 is 2.50 bits per heavy atom. The Morgan fingerprint density at radius 1 is 1.25 bits per heavy atom. The predicted octanol–water partition coefficient (Wildman–Crippen LogP) is 4.29. The van der Waals surface area contributed by atoms with Crippen molar-refractivity contribution in [3.05, 3.63) is 35.1 Å². The molecule has 0 bridgehead atoms. The highest BCUT2D eigenvalue weighted by Crippen LogP contribution is 2.67. The molecule has 2 aliphatic rings. The second-order valence-corrected chi connectivity index (χ2v) is 6.68. The molecular formula is C15H19F. The van der Waals surface area contributed by atoms with Crippen LogP contribution >= 0.6 is 0 Å². The smallest absolute Gasteiger partial charge is 0.123 e. The summed E-state index contributed by atoms with van der Waals surface area (Å²) in [6, 6.07) is 5.38. The van der Waals surface area contributed by atoms with Crippen LogP contribution in [-0.2, 0) is 6.42 Å². The Morgan fingerprint density at radius 2 is 1.94 bits per heavy atom. The van der Waals surface area contributed by atoms with E-state index in [1.54, 1.807) is 12.1 Å². The zero-order chi connectivity index (χ0) is 11.6. The first-order valence-electron chi connectivity index (χ1n) is 6.21. The molecule has 1 unspecified atom stereocenters. The van der Waals surface area contributed by atoms with Crippen LogP contribution in [0.2, 0.25) is 0 Å². The molecule has 0 aromatic heterocycles. The normalized spacial score (nSPS) is 25.9. The van der Waals surface area contributed by atoms with Crippen molar-refractivity contribution in [1.82, 2.24) is 0 Å². The van der Waals surface area contributed by atoms with E-state index < -0.39 is 0 Å². The molecule has 0 amide bonds. The summed E-state index contributed by atoms with van der Waals surface area (Å²) in [6.45, 7) is 6.87. The lowest BCUT2D eigenvalue weighted by atomic mass is 9.71. The summed E-state index contributed by atoms with van der Waals surface area (Å²) in [6.07, 6.45) is 3.82. The number of halogens is 1. The van der Waals surface area contributed by atoms with Crippen molar-refractivity contribution in [1.29, 1.82) is 0 Å². The summed E-state index contributed by atoms with van der Waals surface area (Å²) in [5, 5.41) is 0. The Kier molecular flexibility index (Phi) is 1.86. The van der Waals surface area contributed by atoms with Gasteiger partial charge in [0.1, 0.15) is 5.82 Å². The highest BCUT2D eigenvalue weighted by atomic mass is 19.1.